The SMILES string of the molecule is CCC(C)C(=O)N1CCC(C(N)=S)CC1. The van der Waals surface area contributed by atoms with Crippen molar-refractivity contribution in [3.8, 4) is 0 Å². The lowest BCUT2D eigenvalue weighted by atomic mass is 9.95. The van der Waals surface area contributed by atoms with Crippen molar-refractivity contribution in [2.24, 2.45) is 17.6 Å². The van der Waals surface area contributed by atoms with Gasteiger partial charge in [0.1, 0.15) is 0 Å². The van der Waals surface area contributed by atoms with E-state index in [4.69, 9.17) is 18.0 Å². The lowest BCUT2D eigenvalue weighted by Gasteiger charge is -2.33. The Balaban J connectivity index is 2.43. The van der Waals surface area contributed by atoms with Crippen molar-refractivity contribution in [1.82, 2.24) is 4.90 Å². The van der Waals surface area contributed by atoms with Crippen molar-refractivity contribution < 1.29 is 4.79 Å². The number of piperidine rings is 1. The first-order valence-electron chi connectivity index (χ1n) is 5.64. The van der Waals surface area contributed by atoms with Crippen LogP contribution in [0, 0.1) is 11.8 Å². The minimum Gasteiger partial charge on any atom is -0.393 e. The van der Waals surface area contributed by atoms with Gasteiger partial charge in [0.15, 0.2) is 0 Å². The number of hydrogen-bond acceptors (Lipinski definition) is 2. The number of likely N-dealkylation sites (tertiary alicyclic amines) is 1. The lowest BCUT2D eigenvalue weighted by Crippen LogP contribution is -2.43. The van der Waals surface area contributed by atoms with E-state index in [0.29, 0.717) is 10.9 Å². The topological polar surface area (TPSA) is 46.3 Å². The van der Waals surface area contributed by atoms with Gasteiger partial charge in [0.2, 0.25) is 5.91 Å². The Hall–Kier alpha value is -0.640. The first-order valence-corrected chi connectivity index (χ1v) is 6.05. The van der Waals surface area contributed by atoms with E-state index in [0.717, 1.165) is 32.4 Å². The summed E-state index contributed by atoms with van der Waals surface area (Å²) >= 11 is 4.97. The number of hydrogen-bond donors (Lipinski definition) is 1. The predicted octanol–water partition coefficient (Wildman–Crippen LogP) is 1.56. The van der Waals surface area contributed by atoms with E-state index in [2.05, 4.69) is 0 Å². The Bertz CT molecular complexity index is 247. The van der Waals surface area contributed by atoms with Crippen molar-refractivity contribution >= 4 is 23.1 Å². The number of rotatable bonds is 3. The summed E-state index contributed by atoms with van der Waals surface area (Å²) in [6.07, 6.45) is 2.77. The average Bonchev–Trinajstić information content (AvgIpc) is 2.27. The maximum Gasteiger partial charge on any atom is 0.225 e. The lowest BCUT2D eigenvalue weighted by molar-refractivity contribution is -0.136. The zero-order chi connectivity index (χ0) is 11.4. The molecule has 1 aliphatic rings. The minimum absolute atomic E-state index is 0.145. The van der Waals surface area contributed by atoms with Gasteiger partial charge < -0.3 is 10.6 Å². The molecule has 0 radical (unpaired) electrons. The van der Waals surface area contributed by atoms with E-state index < -0.39 is 0 Å². The highest BCUT2D eigenvalue weighted by molar-refractivity contribution is 7.80. The molecule has 0 saturated carbocycles. The molecule has 86 valence electrons. The normalized spacial score (nSPS) is 20.0. The quantitative estimate of drug-likeness (QED) is 0.746. The van der Waals surface area contributed by atoms with Gasteiger partial charge >= 0.3 is 0 Å². The Morgan fingerprint density at radius 3 is 2.47 bits per heavy atom. The fourth-order valence-corrected chi connectivity index (χ4v) is 2.11. The number of nitrogens with two attached hydrogens (primary N) is 1. The second-order valence-electron chi connectivity index (χ2n) is 4.31. The molecule has 2 N–H and O–H groups in total. The monoisotopic (exact) mass is 228 g/mol. The molecule has 0 aromatic rings. The summed E-state index contributed by atoms with van der Waals surface area (Å²) in [6, 6.07) is 0. The molecule has 1 atom stereocenters. The molecule has 3 nitrogen and oxygen atoms in total. The van der Waals surface area contributed by atoms with Crippen LogP contribution in [-0.2, 0) is 4.79 Å². The molecular weight excluding hydrogens is 208 g/mol. The molecule has 15 heavy (non-hydrogen) atoms. The Morgan fingerprint density at radius 1 is 1.53 bits per heavy atom. The third-order valence-electron chi connectivity index (χ3n) is 3.24. The summed E-state index contributed by atoms with van der Waals surface area (Å²) in [5.74, 6) is 0.756. The third-order valence-corrected chi connectivity index (χ3v) is 3.58. The van der Waals surface area contributed by atoms with E-state index in [1.165, 1.54) is 0 Å². The third kappa shape index (κ3) is 3.16. The molecule has 0 aliphatic carbocycles. The predicted molar refractivity (Wildman–Crippen MR) is 65.5 cm³/mol. The molecule has 1 heterocycles. The van der Waals surface area contributed by atoms with Crippen LogP contribution in [0.5, 0.6) is 0 Å². The molecule has 1 amide bonds. The average molecular weight is 228 g/mol. The number of carbonyl (C=O) groups excluding carboxylic acids is 1. The molecule has 1 unspecified atom stereocenters. The zero-order valence-corrected chi connectivity index (χ0v) is 10.3. The van der Waals surface area contributed by atoms with E-state index in [1.807, 2.05) is 18.7 Å². The van der Waals surface area contributed by atoms with Crippen molar-refractivity contribution in [2.45, 2.75) is 33.1 Å². The minimum atomic E-state index is 0.145. The summed E-state index contributed by atoms with van der Waals surface area (Å²) in [5, 5.41) is 0. The maximum absolute atomic E-state index is 11.9. The highest BCUT2D eigenvalue weighted by Crippen LogP contribution is 2.19. The highest BCUT2D eigenvalue weighted by Gasteiger charge is 2.26. The molecule has 0 bridgehead atoms. The molecule has 0 spiro atoms. The fourth-order valence-electron chi connectivity index (χ4n) is 1.87. The molecule has 4 heteroatoms. The van der Waals surface area contributed by atoms with E-state index in [-0.39, 0.29) is 11.8 Å². The summed E-state index contributed by atoms with van der Waals surface area (Å²) in [5.41, 5.74) is 5.60. The van der Waals surface area contributed by atoms with E-state index in [1.54, 1.807) is 0 Å². The van der Waals surface area contributed by atoms with Crippen LogP contribution in [0.15, 0.2) is 0 Å². The molecule has 1 fully saturated rings. The molecule has 1 saturated heterocycles. The molecule has 0 aromatic heterocycles. The molecule has 0 aromatic carbocycles. The van der Waals surface area contributed by atoms with Crippen molar-refractivity contribution in [3.63, 3.8) is 0 Å². The van der Waals surface area contributed by atoms with Crippen LogP contribution >= 0.6 is 12.2 Å². The van der Waals surface area contributed by atoms with Gasteiger partial charge in [-0.3, -0.25) is 4.79 Å². The van der Waals surface area contributed by atoms with Gasteiger partial charge in [0, 0.05) is 24.9 Å². The van der Waals surface area contributed by atoms with Gasteiger partial charge in [0.05, 0.1) is 4.99 Å². The first kappa shape index (κ1) is 12.4. The molecular formula is C11H20N2OS. The van der Waals surface area contributed by atoms with Crippen LogP contribution in [0.2, 0.25) is 0 Å². The van der Waals surface area contributed by atoms with Crippen LogP contribution in [0.4, 0.5) is 0 Å². The maximum atomic E-state index is 11.9. The Kier molecular flexibility index (Phi) is 4.51. The van der Waals surface area contributed by atoms with Gasteiger partial charge in [-0.2, -0.15) is 0 Å². The van der Waals surface area contributed by atoms with Gasteiger partial charge in [0.25, 0.3) is 0 Å². The van der Waals surface area contributed by atoms with Crippen LogP contribution in [0.1, 0.15) is 33.1 Å². The van der Waals surface area contributed by atoms with Crippen molar-refractivity contribution in [2.75, 3.05) is 13.1 Å². The second kappa shape index (κ2) is 5.45. The molecule has 1 rings (SSSR count). The van der Waals surface area contributed by atoms with Crippen molar-refractivity contribution in [3.05, 3.63) is 0 Å². The number of nitrogens with zero attached hydrogens (tertiary/aromatic N) is 1. The van der Waals surface area contributed by atoms with Gasteiger partial charge in [-0.15, -0.1) is 0 Å². The summed E-state index contributed by atoms with van der Waals surface area (Å²) in [4.78, 5) is 14.4. The van der Waals surface area contributed by atoms with Gasteiger partial charge in [-0.25, -0.2) is 0 Å². The first-order chi connectivity index (χ1) is 7.06. The fraction of sp³-hybridized carbons (Fsp3) is 0.818. The Labute approximate surface area is 97.0 Å². The van der Waals surface area contributed by atoms with Gasteiger partial charge in [-0.1, -0.05) is 26.1 Å². The number of carbonyl (C=O) groups is 1. The summed E-state index contributed by atoms with van der Waals surface area (Å²) in [7, 11) is 0. The van der Waals surface area contributed by atoms with Crippen LogP contribution in [-0.4, -0.2) is 28.9 Å². The van der Waals surface area contributed by atoms with E-state index in [9.17, 15) is 4.79 Å². The van der Waals surface area contributed by atoms with Crippen molar-refractivity contribution in [1.29, 1.82) is 0 Å². The van der Waals surface area contributed by atoms with Crippen LogP contribution in [0.25, 0.3) is 0 Å². The Morgan fingerprint density at radius 2 is 2.07 bits per heavy atom. The summed E-state index contributed by atoms with van der Waals surface area (Å²) < 4.78 is 0. The van der Waals surface area contributed by atoms with Crippen LogP contribution in [0.3, 0.4) is 0 Å². The van der Waals surface area contributed by atoms with Crippen LogP contribution < -0.4 is 5.73 Å². The van der Waals surface area contributed by atoms with E-state index >= 15 is 0 Å². The largest absolute Gasteiger partial charge is 0.393 e. The van der Waals surface area contributed by atoms with Gasteiger partial charge in [-0.05, 0) is 19.3 Å². The zero-order valence-electron chi connectivity index (χ0n) is 9.53. The smallest absolute Gasteiger partial charge is 0.225 e. The number of thiocarbonyl (C=S) groups is 1. The molecule has 1 aliphatic heterocycles. The highest BCUT2D eigenvalue weighted by atomic mass is 32.1. The number of amides is 1. The second-order valence-corrected chi connectivity index (χ2v) is 4.78. The summed E-state index contributed by atoms with van der Waals surface area (Å²) in [6.45, 7) is 5.66. The standard InChI is InChI=1S/C11H20N2OS/c1-3-8(2)11(14)13-6-4-9(5-7-13)10(12)15/h8-9H,3-7H2,1-2H3,(H2,12,15).